The van der Waals surface area contributed by atoms with Crippen molar-refractivity contribution in [2.75, 3.05) is 0 Å². The van der Waals surface area contributed by atoms with Gasteiger partial charge in [-0.25, -0.2) is 0 Å². The Morgan fingerprint density at radius 3 is 0.938 bits per heavy atom. The summed E-state index contributed by atoms with van der Waals surface area (Å²) < 4.78 is 0. The largest absolute Gasteiger partial charge is 2.00 e. The summed E-state index contributed by atoms with van der Waals surface area (Å²) in [6.45, 7) is 0. The second-order valence-electron chi connectivity index (χ2n) is 1.53. The molecule has 12 heteroatoms. The van der Waals surface area contributed by atoms with Crippen molar-refractivity contribution in [2.24, 2.45) is 0 Å². The van der Waals surface area contributed by atoms with E-state index in [0.717, 1.165) is 0 Å². The Hall–Kier alpha value is -0.574. The van der Waals surface area contributed by atoms with Crippen LogP contribution < -0.4 is 10.2 Å². The summed E-state index contributed by atoms with van der Waals surface area (Å²) in [6.07, 6.45) is -4.88. The number of rotatable bonds is 3. The number of carboxylic acid groups (broad SMARTS) is 2. The zero-order valence-corrected chi connectivity index (χ0v) is 9.30. The van der Waals surface area contributed by atoms with E-state index in [2.05, 4.69) is 0 Å². The predicted octanol–water partition coefficient (Wildman–Crippen LogP) is -9.30. The van der Waals surface area contributed by atoms with Gasteiger partial charge in [-0.15, -0.1) is 0 Å². The van der Waals surface area contributed by atoms with Crippen LogP contribution in [0.25, 0.3) is 0 Å². The molecule has 0 spiro atoms. The third-order valence-corrected chi connectivity index (χ3v) is 0.782. The molecule has 0 aromatic rings. The minimum Gasteiger partial charge on any atom is -0.547 e. The molecular formula is C4H14MgO11. The number of aliphatic hydroxyl groups excluding tert-OH is 2. The number of carbonyl (C=O) groups excluding carboxylic acids is 2. The van der Waals surface area contributed by atoms with Crippen LogP contribution in [0, 0.1) is 0 Å². The van der Waals surface area contributed by atoms with Crippen molar-refractivity contribution < 1.29 is 57.4 Å². The van der Waals surface area contributed by atoms with Crippen LogP contribution in [0.3, 0.4) is 0 Å². The molecule has 98 valence electrons. The van der Waals surface area contributed by atoms with Crippen molar-refractivity contribution in [3.05, 3.63) is 0 Å². The summed E-state index contributed by atoms with van der Waals surface area (Å²) in [4.78, 5) is 19.3. The van der Waals surface area contributed by atoms with E-state index in [1.807, 2.05) is 0 Å². The summed E-state index contributed by atoms with van der Waals surface area (Å²) in [5, 5.41) is 35.7. The fourth-order valence-electron chi connectivity index (χ4n) is 0.258. The van der Waals surface area contributed by atoms with Gasteiger partial charge in [-0.05, 0) is 0 Å². The molecule has 0 saturated heterocycles. The maximum Gasteiger partial charge on any atom is 2.00 e. The second kappa shape index (κ2) is 19.9. The summed E-state index contributed by atoms with van der Waals surface area (Å²) in [5.74, 6) is -4.12. The minimum atomic E-state index is -2.44. The van der Waals surface area contributed by atoms with Gasteiger partial charge in [-0.1, -0.05) is 0 Å². The van der Waals surface area contributed by atoms with E-state index >= 15 is 0 Å². The molecule has 0 aliphatic heterocycles. The summed E-state index contributed by atoms with van der Waals surface area (Å²) in [5.41, 5.74) is 0. The summed E-state index contributed by atoms with van der Waals surface area (Å²) in [7, 11) is 0. The van der Waals surface area contributed by atoms with E-state index in [0.29, 0.717) is 0 Å². The predicted molar refractivity (Wildman–Crippen MR) is 45.9 cm³/mol. The Labute approximate surface area is 105 Å². The molecule has 0 fully saturated rings. The second-order valence-corrected chi connectivity index (χ2v) is 1.53. The number of aliphatic carboxylic acids is 2. The topological polar surface area (TPSA) is 278 Å². The smallest absolute Gasteiger partial charge is 0.547 e. The first kappa shape index (κ1) is 45.2. The average molecular weight is 262 g/mol. The molecule has 0 heterocycles. The van der Waals surface area contributed by atoms with Crippen molar-refractivity contribution >= 4 is 35.0 Å². The minimum absolute atomic E-state index is 0. The van der Waals surface area contributed by atoms with Gasteiger partial charge in [0.05, 0.1) is 11.9 Å². The van der Waals surface area contributed by atoms with Crippen molar-refractivity contribution in [2.45, 2.75) is 12.2 Å². The van der Waals surface area contributed by atoms with Crippen LogP contribution in [-0.4, -0.2) is 84.8 Å². The Kier molecular flexibility index (Phi) is 56.3. The van der Waals surface area contributed by atoms with Gasteiger partial charge in [-0.2, -0.15) is 0 Å². The molecule has 0 aromatic heterocycles. The van der Waals surface area contributed by atoms with Gasteiger partial charge < -0.3 is 57.4 Å². The first-order valence-electron chi connectivity index (χ1n) is 2.24. The standard InChI is InChI=1S/C4H6O6.Mg.5H2O/c5-1(3(7)8)2(6)4(9)10;;;;;;/h1-2,5-6H,(H,7,8)(H,9,10);;5*1H2/q;+2;;;;;/p-2. The Bertz CT molecular complexity index is 142. The number of carboxylic acids is 2. The molecule has 0 aliphatic carbocycles. The van der Waals surface area contributed by atoms with Crippen LogP contribution in [0.1, 0.15) is 0 Å². The first-order valence-corrected chi connectivity index (χ1v) is 2.24. The normalized spacial score (nSPS) is 9.88. The average Bonchev–Trinajstić information content (AvgIpc) is 1.84. The molecule has 16 heavy (non-hydrogen) atoms. The van der Waals surface area contributed by atoms with Crippen molar-refractivity contribution in [1.82, 2.24) is 0 Å². The number of hydrogen-bond acceptors (Lipinski definition) is 6. The van der Waals surface area contributed by atoms with Crippen LogP contribution in [0.15, 0.2) is 0 Å². The van der Waals surface area contributed by atoms with Gasteiger partial charge in [-0.3, -0.25) is 0 Å². The van der Waals surface area contributed by atoms with Crippen molar-refractivity contribution in [3.63, 3.8) is 0 Å². The number of hydrogen-bond donors (Lipinski definition) is 2. The van der Waals surface area contributed by atoms with Gasteiger partial charge in [0.15, 0.2) is 0 Å². The van der Waals surface area contributed by atoms with Crippen molar-refractivity contribution in [1.29, 1.82) is 0 Å². The monoisotopic (exact) mass is 262 g/mol. The fraction of sp³-hybridized carbons (Fsp3) is 0.500. The Morgan fingerprint density at radius 1 is 0.750 bits per heavy atom. The molecule has 11 nitrogen and oxygen atoms in total. The summed E-state index contributed by atoms with van der Waals surface area (Å²) in [6, 6.07) is 0. The molecule has 0 bridgehead atoms. The molecule has 0 rings (SSSR count). The number of aliphatic hydroxyl groups is 2. The third-order valence-electron chi connectivity index (χ3n) is 0.782. The zero-order chi connectivity index (χ0) is 8.31. The van der Waals surface area contributed by atoms with Crippen LogP contribution in [0.5, 0.6) is 0 Å². The first-order chi connectivity index (χ1) is 4.46. The van der Waals surface area contributed by atoms with E-state index in [1.54, 1.807) is 0 Å². The van der Waals surface area contributed by atoms with E-state index < -0.39 is 24.1 Å². The van der Waals surface area contributed by atoms with Gasteiger partial charge in [0, 0.05) is 0 Å². The van der Waals surface area contributed by atoms with E-state index in [-0.39, 0.29) is 50.4 Å². The van der Waals surface area contributed by atoms with Gasteiger partial charge in [0.25, 0.3) is 0 Å². The van der Waals surface area contributed by atoms with Crippen LogP contribution >= 0.6 is 0 Å². The Balaban J connectivity index is -0.0000000270. The molecule has 0 saturated carbocycles. The molecule has 0 amide bonds. The van der Waals surface area contributed by atoms with Gasteiger partial charge >= 0.3 is 23.1 Å². The maximum absolute atomic E-state index is 9.63. The van der Waals surface area contributed by atoms with Crippen molar-refractivity contribution in [3.8, 4) is 0 Å². The summed E-state index contributed by atoms with van der Waals surface area (Å²) >= 11 is 0. The molecular weight excluding hydrogens is 248 g/mol. The fourth-order valence-corrected chi connectivity index (χ4v) is 0.258. The molecule has 2 atom stereocenters. The molecule has 2 unspecified atom stereocenters. The van der Waals surface area contributed by atoms with E-state index in [9.17, 15) is 19.8 Å². The zero-order valence-electron chi connectivity index (χ0n) is 7.89. The molecule has 12 N–H and O–H groups in total. The van der Waals surface area contributed by atoms with Gasteiger partial charge in [0.2, 0.25) is 0 Å². The quantitative estimate of drug-likeness (QED) is 0.465. The van der Waals surface area contributed by atoms with Crippen LogP contribution in [0.4, 0.5) is 0 Å². The molecule has 0 aromatic carbocycles. The maximum atomic E-state index is 9.63. The third kappa shape index (κ3) is 15.9. The molecule has 0 radical (unpaired) electrons. The Morgan fingerprint density at radius 2 is 0.875 bits per heavy atom. The van der Waals surface area contributed by atoms with Gasteiger partial charge in [0.1, 0.15) is 12.2 Å². The van der Waals surface area contributed by atoms with E-state index in [1.165, 1.54) is 0 Å². The molecule has 0 aliphatic rings. The number of carbonyl (C=O) groups is 2. The van der Waals surface area contributed by atoms with E-state index in [4.69, 9.17) is 10.2 Å². The van der Waals surface area contributed by atoms with Crippen LogP contribution in [0.2, 0.25) is 0 Å². The SMILES string of the molecule is O.O.O.O.O.O=C([O-])C(O)C(O)C(=O)[O-].[Mg+2]. The van der Waals surface area contributed by atoms with Crippen LogP contribution in [-0.2, 0) is 9.59 Å².